The van der Waals surface area contributed by atoms with E-state index in [9.17, 15) is 13.2 Å². The van der Waals surface area contributed by atoms with Crippen molar-refractivity contribution in [3.63, 3.8) is 0 Å². The lowest BCUT2D eigenvalue weighted by atomic mass is 10.1. The predicted molar refractivity (Wildman–Crippen MR) is 104 cm³/mol. The van der Waals surface area contributed by atoms with Crippen LogP contribution in [0.4, 0.5) is 11.4 Å². The molecule has 2 aromatic rings. The van der Waals surface area contributed by atoms with Crippen molar-refractivity contribution in [2.75, 3.05) is 29.1 Å². The molecule has 1 aliphatic heterocycles. The number of carbonyl (C=O) groups excluding carboxylic acids is 1. The summed E-state index contributed by atoms with van der Waals surface area (Å²) in [6.45, 7) is 2.70. The average molecular weight is 390 g/mol. The van der Waals surface area contributed by atoms with Gasteiger partial charge >= 0.3 is 0 Å². The zero-order valence-corrected chi connectivity index (χ0v) is 16.0. The van der Waals surface area contributed by atoms with Crippen molar-refractivity contribution in [1.29, 1.82) is 0 Å². The van der Waals surface area contributed by atoms with Gasteiger partial charge in [-0.15, -0.1) is 0 Å². The summed E-state index contributed by atoms with van der Waals surface area (Å²) in [5, 5.41) is 2.78. The lowest BCUT2D eigenvalue weighted by Gasteiger charge is -2.30. The van der Waals surface area contributed by atoms with Gasteiger partial charge in [0.15, 0.2) is 11.5 Å². The van der Waals surface area contributed by atoms with Crippen molar-refractivity contribution in [3.05, 3.63) is 48.5 Å². The topological polar surface area (TPSA) is 84.9 Å². The Balaban J connectivity index is 1.86. The molecule has 8 heteroatoms. The number of benzene rings is 2. The highest BCUT2D eigenvalue weighted by molar-refractivity contribution is 7.92. The molecule has 0 fully saturated rings. The average Bonchev–Trinajstić information content (AvgIpc) is 2.65. The smallest absolute Gasteiger partial charge is 0.248 e. The molecule has 144 valence electrons. The van der Waals surface area contributed by atoms with Crippen LogP contribution in [0.5, 0.6) is 11.5 Å². The molecule has 7 nitrogen and oxygen atoms in total. The Morgan fingerprint density at radius 2 is 1.78 bits per heavy atom. The lowest BCUT2D eigenvalue weighted by molar-refractivity contribution is -0.117. The van der Waals surface area contributed by atoms with Crippen LogP contribution in [0, 0.1) is 0 Å². The monoisotopic (exact) mass is 390 g/mol. The van der Waals surface area contributed by atoms with Crippen molar-refractivity contribution in [2.45, 2.75) is 19.4 Å². The van der Waals surface area contributed by atoms with Gasteiger partial charge in [0.1, 0.15) is 19.3 Å². The molecule has 2 aromatic carbocycles. The Bertz CT molecular complexity index is 915. The fourth-order valence-electron chi connectivity index (χ4n) is 2.98. The number of carbonyl (C=O) groups is 1. The van der Waals surface area contributed by atoms with E-state index in [0.717, 1.165) is 10.6 Å². The second-order valence-corrected chi connectivity index (χ2v) is 8.03. The summed E-state index contributed by atoms with van der Waals surface area (Å²) < 4.78 is 36.9. The zero-order chi connectivity index (χ0) is 19.4. The van der Waals surface area contributed by atoms with Gasteiger partial charge in [0.2, 0.25) is 15.9 Å². The van der Waals surface area contributed by atoms with Crippen LogP contribution >= 0.6 is 0 Å². The number of para-hydroxylation sites is 1. The highest BCUT2D eigenvalue weighted by Crippen LogP contribution is 2.33. The van der Waals surface area contributed by atoms with E-state index < -0.39 is 22.0 Å². The Labute approximate surface area is 158 Å². The van der Waals surface area contributed by atoms with Gasteiger partial charge in [0.05, 0.1) is 11.9 Å². The van der Waals surface area contributed by atoms with E-state index in [1.807, 2.05) is 0 Å². The number of rotatable bonds is 6. The first-order chi connectivity index (χ1) is 12.9. The molecule has 27 heavy (non-hydrogen) atoms. The van der Waals surface area contributed by atoms with Gasteiger partial charge < -0.3 is 14.8 Å². The number of hydrogen-bond donors (Lipinski definition) is 1. The minimum Gasteiger partial charge on any atom is -0.486 e. The Morgan fingerprint density at radius 1 is 1.11 bits per heavy atom. The van der Waals surface area contributed by atoms with Crippen LogP contribution in [-0.2, 0) is 14.8 Å². The second-order valence-electron chi connectivity index (χ2n) is 6.17. The first-order valence-corrected chi connectivity index (χ1v) is 10.5. The minimum atomic E-state index is -3.65. The second kappa shape index (κ2) is 7.87. The first-order valence-electron chi connectivity index (χ1n) is 8.65. The third-order valence-electron chi connectivity index (χ3n) is 4.15. The summed E-state index contributed by atoms with van der Waals surface area (Å²) in [4.78, 5) is 12.9. The standard InChI is InChI=1S/C19H22N2O5S/c1-3-16(21(27(2,23)24)15-7-5-4-6-8-15)19(22)20-14-9-10-17-18(13-14)26-12-11-25-17/h4-10,13,16H,3,11-12H2,1-2H3,(H,20,22). The number of sulfonamides is 1. The number of ether oxygens (including phenoxy) is 2. The van der Waals surface area contributed by atoms with Crippen molar-refractivity contribution in [3.8, 4) is 11.5 Å². The molecule has 0 radical (unpaired) electrons. The van der Waals surface area contributed by atoms with Crippen LogP contribution in [0.25, 0.3) is 0 Å². The van der Waals surface area contributed by atoms with Crippen molar-refractivity contribution >= 4 is 27.3 Å². The van der Waals surface area contributed by atoms with Gasteiger partial charge in [0.25, 0.3) is 0 Å². The van der Waals surface area contributed by atoms with E-state index in [1.54, 1.807) is 55.5 Å². The van der Waals surface area contributed by atoms with Gasteiger partial charge in [-0.25, -0.2) is 8.42 Å². The van der Waals surface area contributed by atoms with Crippen LogP contribution in [0.3, 0.4) is 0 Å². The summed E-state index contributed by atoms with van der Waals surface area (Å²) in [5.41, 5.74) is 0.966. The molecule has 0 saturated heterocycles. The molecular weight excluding hydrogens is 368 g/mol. The maximum atomic E-state index is 12.9. The van der Waals surface area contributed by atoms with Crippen molar-refractivity contribution in [2.24, 2.45) is 0 Å². The molecular formula is C19H22N2O5S. The minimum absolute atomic E-state index is 0.318. The molecule has 1 unspecified atom stereocenters. The number of hydrogen-bond acceptors (Lipinski definition) is 5. The van der Waals surface area contributed by atoms with Crippen LogP contribution in [0.2, 0.25) is 0 Å². The fraction of sp³-hybridized carbons (Fsp3) is 0.316. The molecule has 1 aliphatic rings. The molecule has 3 rings (SSSR count). The van der Waals surface area contributed by atoms with E-state index >= 15 is 0 Å². The van der Waals surface area contributed by atoms with E-state index in [0.29, 0.717) is 42.5 Å². The Hall–Kier alpha value is -2.74. The molecule has 0 aliphatic carbocycles. The first kappa shape index (κ1) is 19.0. The van der Waals surface area contributed by atoms with Crippen LogP contribution in [-0.4, -0.2) is 39.8 Å². The van der Waals surface area contributed by atoms with Crippen LogP contribution < -0.4 is 19.1 Å². The number of anilines is 2. The maximum absolute atomic E-state index is 12.9. The summed E-state index contributed by atoms with van der Waals surface area (Å²) in [7, 11) is -3.65. The quantitative estimate of drug-likeness (QED) is 0.820. The summed E-state index contributed by atoms with van der Waals surface area (Å²) >= 11 is 0. The van der Waals surface area contributed by atoms with Gasteiger partial charge in [0, 0.05) is 11.8 Å². The number of nitrogens with one attached hydrogen (secondary N) is 1. The van der Waals surface area contributed by atoms with E-state index in [2.05, 4.69) is 5.32 Å². The van der Waals surface area contributed by atoms with E-state index in [-0.39, 0.29) is 0 Å². The molecule has 0 saturated carbocycles. The molecule has 0 bridgehead atoms. The molecule has 1 amide bonds. The number of fused-ring (bicyclic) bond motifs is 1. The van der Waals surface area contributed by atoms with Gasteiger partial charge in [-0.3, -0.25) is 9.10 Å². The maximum Gasteiger partial charge on any atom is 0.248 e. The SMILES string of the molecule is CCC(C(=O)Nc1ccc2c(c1)OCCO2)N(c1ccccc1)S(C)(=O)=O. The van der Waals surface area contributed by atoms with Gasteiger partial charge in [-0.1, -0.05) is 25.1 Å². The Kier molecular flexibility index (Phi) is 5.55. The zero-order valence-electron chi connectivity index (χ0n) is 15.2. The predicted octanol–water partition coefficient (Wildman–Crippen LogP) is 2.64. The Morgan fingerprint density at radius 3 is 2.41 bits per heavy atom. The molecule has 0 aromatic heterocycles. The molecule has 1 heterocycles. The van der Waals surface area contributed by atoms with E-state index in [1.165, 1.54) is 0 Å². The normalized spacial score (nSPS) is 14.3. The van der Waals surface area contributed by atoms with Crippen molar-refractivity contribution in [1.82, 2.24) is 0 Å². The number of amides is 1. The highest BCUT2D eigenvalue weighted by atomic mass is 32.2. The summed E-state index contributed by atoms with van der Waals surface area (Å²) in [6, 6.07) is 12.8. The fourth-order valence-corrected chi connectivity index (χ4v) is 4.19. The van der Waals surface area contributed by atoms with Crippen molar-refractivity contribution < 1.29 is 22.7 Å². The van der Waals surface area contributed by atoms with Gasteiger partial charge in [-0.2, -0.15) is 0 Å². The third kappa shape index (κ3) is 4.33. The van der Waals surface area contributed by atoms with E-state index in [4.69, 9.17) is 9.47 Å². The van der Waals surface area contributed by atoms with Crippen LogP contribution in [0.15, 0.2) is 48.5 Å². The molecule has 1 atom stereocenters. The molecule has 1 N–H and O–H groups in total. The lowest BCUT2D eigenvalue weighted by Crippen LogP contribution is -2.46. The third-order valence-corrected chi connectivity index (χ3v) is 5.33. The summed E-state index contributed by atoms with van der Waals surface area (Å²) in [5.74, 6) is 0.756. The van der Waals surface area contributed by atoms with Crippen LogP contribution in [0.1, 0.15) is 13.3 Å². The molecule has 0 spiro atoms. The van der Waals surface area contributed by atoms with Gasteiger partial charge in [-0.05, 0) is 30.7 Å². The largest absolute Gasteiger partial charge is 0.486 e. The summed E-state index contributed by atoms with van der Waals surface area (Å²) in [6.07, 6.45) is 1.42. The highest BCUT2D eigenvalue weighted by Gasteiger charge is 2.31. The number of nitrogens with zero attached hydrogens (tertiary/aromatic N) is 1.